The van der Waals surface area contributed by atoms with Crippen LogP contribution in [0.25, 0.3) is 0 Å². The quantitative estimate of drug-likeness (QED) is 0.501. The zero-order valence-corrected chi connectivity index (χ0v) is 6.26. The number of carbonyl (C=O) groups is 1. The maximum absolute atomic E-state index is 11.1. The van der Waals surface area contributed by atoms with Gasteiger partial charge in [-0.1, -0.05) is 6.92 Å². The molecule has 1 aliphatic carbocycles. The fourth-order valence-electron chi connectivity index (χ4n) is 1.49. The van der Waals surface area contributed by atoms with Gasteiger partial charge in [0.25, 0.3) is 0 Å². The van der Waals surface area contributed by atoms with Crippen molar-refractivity contribution in [3.05, 3.63) is 0 Å². The normalized spacial score (nSPS) is 32.2. The molecule has 0 aromatic carbocycles. The van der Waals surface area contributed by atoms with Crippen LogP contribution in [0, 0.1) is 24.2 Å². The SMILES string of the molecule is C#CC1CC(=O)C(CC)C1. The summed E-state index contributed by atoms with van der Waals surface area (Å²) in [5, 5.41) is 0. The van der Waals surface area contributed by atoms with Crippen molar-refractivity contribution in [3.8, 4) is 12.3 Å². The molecular weight excluding hydrogens is 124 g/mol. The molecule has 0 radical (unpaired) electrons. The van der Waals surface area contributed by atoms with E-state index in [-0.39, 0.29) is 11.8 Å². The molecule has 1 nitrogen and oxygen atoms in total. The van der Waals surface area contributed by atoms with Crippen LogP contribution < -0.4 is 0 Å². The maximum Gasteiger partial charge on any atom is 0.137 e. The summed E-state index contributed by atoms with van der Waals surface area (Å²) in [6, 6.07) is 0. The van der Waals surface area contributed by atoms with Crippen LogP contribution in [0.5, 0.6) is 0 Å². The van der Waals surface area contributed by atoms with Gasteiger partial charge in [-0.05, 0) is 12.8 Å². The first-order valence-corrected chi connectivity index (χ1v) is 3.76. The Morgan fingerprint density at radius 1 is 1.80 bits per heavy atom. The minimum absolute atomic E-state index is 0.234. The summed E-state index contributed by atoms with van der Waals surface area (Å²) in [5.74, 6) is 3.50. The van der Waals surface area contributed by atoms with E-state index in [0.717, 1.165) is 12.8 Å². The highest BCUT2D eigenvalue weighted by Gasteiger charge is 2.29. The van der Waals surface area contributed by atoms with Crippen molar-refractivity contribution in [1.82, 2.24) is 0 Å². The lowest BCUT2D eigenvalue weighted by Crippen LogP contribution is -2.03. The van der Waals surface area contributed by atoms with Gasteiger partial charge in [-0.2, -0.15) is 0 Å². The summed E-state index contributed by atoms with van der Waals surface area (Å²) >= 11 is 0. The van der Waals surface area contributed by atoms with Crippen LogP contribution in [0.2, 0.25) is 0 Å². The van der Waals surface area contributed by atoms with Gasteiger partial charge in [-0.25, -0.2) is 0 Å². The molecule has 2 atom stereocenters. The largest absolute Gasteiger partial charge is 0.299 e. The first kappa shape index (κ1) is 7.34. The van der Waals surface area contributed by atoms with E-state index in [1.54, 1.807) is 0 Å². The average Bonchev–Trinajstić information content (AvgIpc) is 2.30. The van der Waals surface area contributed by atoms with E-state index in [9.17, 15) is 4.79 Å². The number of hydrogen-bond donors (Lipinski definition) is 0. The van der Waals surface area contributed by atoms with E-state index in [1.165, 1.54) is 0 Å². The van der Waals surface area contributed by atoms with Crippen LogP contribution in [-0.2, 0) is 4.79 Å². The van der Waals surface area contributed by atoms with Crippen molar-refractivity contribution in [2.24, 2.45) is 11.8 Å². The number of ketones is 1. The number of hydrogen-bond acceptors (Lipinski definition) is 1. The van der Waals surface area contributed by atoms with Crippen LogP contribution in [0.1, 0.15) is 26.2 Å². The third kappa shape index (κ3) is 1.21. The van der Waals surface area contributed by atoms with Crippen LogP contribution in [0.3, 0.4) is 0 Å². The summed E-state index contributed by atoms with van der Waals surface area (Å²) in [6.45, 7) is 2.04. The van der Waals surface area contributed by atoms with E-state index in [1.807, 2.05) is 6.92 Å². The Hall–Kier alpha value is -0.770. The first-order chi connectivity index (χ1) is 4.77. The number of carbonyl (C=O) groups excluding carboxylic acids is 1. The highest BCUT2D eigenvalue weighted by molar-refractivity contribution is 5.83. The zero-order valence-electron chi connectivity index (χ0n) is 6.26. The molecule has 0 saturated heterocycles. The van der Waals surface area contributed by atoms with Gasteiger partial charge in [0, 0.05) is 18.3 Å². The molecule has 0 N–H and O–H groups in total. The van der Waals surface area contributed by atoms with Crippen LogP contribution in [0.4, 0.5) is 0 Å². The van der Waals surface area contributed by atoms with E-state index in [2.05, 4.69) is 5.92 Å². The van der Waals surface area contributed by atoms with Crippen LogP contribution >= 0.6 is 0 Å². The first-order valence-electron chi connectivity index (χ1n) is 3.76. The van der Waals surface area contributed by atoms with Gasteiger partial charge in [0.05, 0.1) is 0 Å². The van der Waals surface area contributed by atoms with Gasteiger partial charge in [0.1, 0.15) is 5.78 Å². The predicted octanol–water partition coefficient (Wildman–Crippen LogP) is 1.62. The van der Waals surface area contributed by atoms with E-state index in [0.29, 0.717) is 12.2 Å². The molecular formula is C9H12O. The van der Waals surface area contributed by atoms with Gasteiger partial charge < -0.3 is 0 Å². The van der Waals surface area contributed by atoms with E-state index >= 15 is 0 Å². The molecule has 0 spiro atoms. The lowest BCUT2D eigenvalue weighted by Gasteiger charge is -2.00. The summed E-state index contributed by atoms with van der Waals surface area (Å²) in [5.41, 5.74) is 0. The Labute approximate surface area is 61.8 Å². The third-order valence-corrected chi connectivity index (χ3v) is 2.20. The average molecular weight is 136 g/mol. The van der Waals surface area contributed by atoms with Crippen molar-refractivity contribution < 1.29 is 4.79 Å². The van der Waals surface area contributed by atoms with E-state index in [4.69, 9.17) is 6.42 Å². The summed E-state index contributed by atoms with van der Waals surface area (Å²) < 4.78 is 0. The van der Waals surface area contributed by atoms with Crippen molar-refractivity contribution in [1.29, 1.82) is 0 Å². The van der Waals surface area contributed by atoms with Crippen LogP contribution in [0.15, 0.2) is 0 Å². The van der Waals surface area contributed by atoms with Crippen LogP contribution in [-0.4, -0.2) is 5.78 Å². The maximum atomic E-state index is 11.1. The molecule has 0 bridgehead atoms. The van der Waals surface area contributed by atoms with Crippen molar-refractivity contribution in [2.45, 2.75) is 26.2 Å². The Morgan fingerprint density at radius 3 is 2.80 bits per heavy atom. The van der Waals surface area contributed by atoms with Crippen molar-refractivity contribution >= 4 is 5.78 Å². The Morgan fingerprint density at radius 2 is 2.50 bits per heavy atom. The molecule has 1 aliphatic rings. The van der Waals surface area contributed by atoms with Gasteiger partial charge in [0.15, 0.2) is 0 Å². The minimum Gasteiger partial charge on any atom is -0.299 e. The van der Waals surface area contributed by atoms with Gasteiger partial charge in [-0.15, -0.1) is 12.3 Å². The lowest BCUT2D eigenvalue weighted by molar-refractivity contribution is -0.120. The summed E-state index contributed by atoms with van der Waals surface area (Å²) in [7, 11) is 0. The van der Waals surface area contributed by atoms with Crippen molar-refractivity contribution in [2.75, 3.05) is 0 Å². The molecule has 1 rings (SSSR count). The molecule has 1 heteroatoms. The monoisotopic (exact) mass is 136 g/mol. The fourth-order valence-corrected chi connectivity index (χ4v) is 1.49. The lowest BCUT2D eigenvalue weighted by atomic mass is 10.0. The predicted molar refractivity (Wildman–Crippen MR) is 40.3 cm³/mol. The second-order valence-electron chi connectivity index (χ2n) is 2.87. The molecule has 10 heavy (non-hydrogen) atoms. The molecule has 54 valence electrons. The molecule has 0 heterocycles. The fraction of sp³-hybridized carbons (Fsp3) is 0.667. The minimum atomic E-state index is 0.234. The smallest absolute Gasteiger partial charge is 0.137 e. The molecule has 0 aliphatic heterocycles. The standard InChI is InChI=1S/C9H12O/c1-3-7-5-8(4-2)9(10)6-7/h1,7-8H,4-6H2,2H3. The summed E-state index contributed by atoms with van der Waals surface area (Å²) in [6.07, 6.45) is 7.71. The second-order valence-corrected chi connectivity index (χ2v) is 2.87. The molecule has 1 saturated carbocycles. The van der Waals surface area contributed by atoms with Gasteiger partial charge in [-0.3, -0.25) is 4.79 Å². The van der Waals surface area contributed by atoms with Gasteiger partial charge >= 0.3 is 0 Å². The third-order valence-electron chi connectivity index (χ3n) is 2.20. The molecule has 2 unspecified atom stereocenters. The zero-order chi connectivity index (χ0) is 7.56. The number of rotatable bonds is 1. The Kier molecular flexibility index (Phi) is 2.11. The van der Waals surface area contributed by atoms with Gasteiger partial charge in [0.2, 0.25) is 0 Å². The Balaban J connectivity index is 2.54. The summed E-state index contributed by atoms with van der Waals surface area (Å²) in [4.78, 5) is 11.1. The molecule has 0 aromatic rings. The molecule has 0 aromatic heterocycles. The topological polar surface area (TPSA) is 17.1 Å². The highest BCUT2D eigenvalue weighted by Crippen LogP contribution is 2.28. The highest BCUT2D eigenvalue weighted by atomic mass is 16.1. The molecule has 0 amide bonds. The van der Waals surface area contributed by atoms with Crippen molar-refractivity contribution in [3.63, 3.8) is 0 Å². The molecule has 1 fully saturated rings. The second kappa shape index (κ2) is 2.88. The Bertz CT molecular complexity index is 176. The number of terminal acetylenes is 1. The number of Topliss-reactive ketones (excluding diaryl/α,β-unsaturated/α-hetero) is 1. The van der Waals surface area contributed by atoms with E-state index < -0.39 is 0 Å².